The molecule has 0 spiro atoms. The van der Waals surface area contributed by atoms with Crippen LogP contribution in [0.4, 0.5) is 26.7 Å². The third-order valence-electron chi connectivity index (χ3n) is 4.75. The van der Waals surface area contributed by atoms with Crippen LogP contribution in [0.5, 0.6) is 0 Å². The van der Waals surface area contributed by atoms with E-state index < -0.39 is 53.4 Å². The van der Waals surface area contributed by atoms with Crippen molar-refractivity contribution >= 4 is 24.4 Å². The summed E-state index contributed by atoms with van der Waals surface area (Å²) >= 11 is 0. The monoisotopic (exact) mass is 464 g/mol. The van der Waals surface area contributed by atoms with Crippen LogP contribution < -0.4 is 5.73 Å². The lowest BCUT2D eigenvalue weighted by molar-refractivity contribution is -0.163. The van der Waals surface area contributed by atoms with Crippen molar-refractivity contribution in [3.05, 3.63) is 71.3 Å². The molecule has 0 saturated carbocycles. The number of amides is 2. The molecule has 1 saturated heterocycles. The maximum Gasteiger partial charge on any atom is 0.417 e. The highest BCUT2D eigenvalue weighted by atomic mass is 35.5. The Morgan fingerprint density at radius 3 is 2.26 bits per heavy atom. The molecule has 1 aliphatic heterocycles. The van der Waals surface area contributed by atoms with Gasteiger partial charge in [0, 0.05) is 6.07 Å². The molecule has 2 amide bonds. The van der Waals surface area contributed by atoms with E-state index in [0.717, 1.165) is 5.56 Å². The van der Waals surface area contributed by atoms with Crippen LogP contribution >= 0.6 is 12.4 Å². The summed E-state index contributed by atoms with van der Waals surface area (Å²) in [5.74, 6) is -6.56. The van der Waals surface area contributed by atoms with Crippen LogP contribution in [-0.2, 0) is 16.0 Å². The molecule has 168 valence electrons. The Bertz CT molecular complexity index is 922. The number of nitrogens with two attached hydrogens (primary N) is 1. The van der Waals surface area contributed by atoms with Gasteiger partial charge in [-0.3, -0.25) is 4.79 Å². The van der Waals surface area contributed by atoms with Gasteiger partial charge in [0.25, 0.3) is 0 Å². The molecule has 0 bridgehead atoms. The van der Waals surface area contributed by atoms with Crippen molar-refractivity contribution in [2.45, 2.75) is 30.6 Å². The van der Waals surface area contributed by atoms with Crippen molar-refractivity contribution in [1.82, 2.24) is 4.90 Å². The average molecular weight is 465 g/mol. The Balaban J connectivity index is 0.00000341. The normalized spacial score (nSPS) is 18.2. The van der Waals surface area contributed by atoms with Crippen LogP contribution in [0.3, 0.4) is 0 Å². The largest absolute Gasteiger partial charge is 0.447 e. The van der Waals surface area contributed by atoms with Gasteiger partial charge in [-0.15, -0.1) is 12.4 Å². The second-order valence-corrected chi connectivity index (χ2v) is 6.88. The Hall–Kier alpha value is -2.72. The van der Waals surface area contributed by atoms with E-state index in [1.807, 2.05) is 0 Å². The molecule has 3 atom stereocenters. The van der Waals surface area contributed by atoms with Gasteiger partial charge >= 0.3 is 12.3 Å². The number of halogens is 6. The van der Waals surface area contributed by atoms with Crippen molar-refractivity contribution in [1.29, 1.82) is 0 Å². The lowest BCUT2D eigenvalue weighted by Crippen LogP contribution is -2.53. The minimum absolute atomic E-state index is 0. The highest BCUT2D eigenvalue weighted by Crippen LogP contribution is 2.38. The van der Waals surface area contributed by atoms with Crippen LogP contribution in [0.2, 0.25) is 0 Å². The summed E-state index contributed by atoms with van der Waals surface area (Å²) in [6.45, 7) is -0.211. The fraction of sp³-hybridized carbons (Fsp3) is 0.300. The fourth-order valence-electron chi connectivity index (χ4n) is 3.42. The second-order valence-electron chi connectivity index (χ2n) is 6.88. The maximum absolute atomic E-state index is 13.7. The van der Waals surface area contributed by atoms with Gasteiger partial charge in [-0.2, -0.15) is 13.2 Å². The van der Waals surface area contributed by atoms with Gasteiger partial charge in [0.05, 0.1) is 6.04 Å². The van der Waals surface area contributed by atoms with Gasteiger partial charge in [0.15, 0.2) is 0 Å². The summed E-state index contributed by atoms with van der Waals surface area (Å²) in [6.07, 6.45) is -6.08. The number of nitrogens with zero attached hydrogens (tertiary/aromatic N) is 1. The molecule has 0 aromatic heterocycles. The molecule has 2 N–H and O–H groups in total. The van der Waals surface area contributed by atoms with Gasteiger partial charge in [-0.05, 0) is 29.7 Å². The Kier molecular flexibility index (Phi) is 7.61. The van der Waals surface area contributed by atoms with Crippen LogP contribution in [0.25, 0.3) is 0 Å². The van der Waals surface area contributed by atoms with Gasteiger partial charge in [-0.25, -0.2) is 18.5 Å². The third-order valence-corrected chi connectivity index (χ3v) is 4.75. The topological polar surface area (TPSA) is 72.6 Å². The lowest BCUT2D eigenvalue weighted by Gasteiger charge is -2.29. The highest BCUT2D eigenvalue weighted by Gasteiger charge is 2.51. The maximum atomic E-state index is 13.7. The minimum atomic E-state index is -5.10. The molecule has 2 aromatic rings. The molecule has 1 aliphatic rings. The van der Waals surface area contributed by atoms with E-state index in [1.54, 1.807) is 30.3 Å². The smallest absolute Gasteiger partial charge is 0.417 e. The van der Waals surface area contributed by atoms with Crippen molar-refractivity contribution in [3.8, 4) is 0 Å². The van der Waals surface area contributed by atoms with Gasteiger partial charge in [0.1, 0.15) is 30.2 Å². The number of imide groups is 1. The van der Waals surface area contributed by atoms with E-state index in [1.165, 1.54) is 0 Å². The second kappa shape index (κ2) is 9.61. The molecule has 3 rings (SSSR count). The molecule has 31 heavy (non-hydrogen) atoms. The number of rotatable bonds is 5. The van der Waals surface area contributed by atoms with Crippen molar-refractivity contribution in [3.63, 3.8) is 0 Å². The fourth-order valence-corrected chi connectivity index (χ4v) is 3.42. The molecule has 1 unspecified atom stereocenters. The molecule has 0 aliphatic carbocycles. The van der Waals surface area contributed by atoms with Crippen molar-refractivity contribution in [2.75, 3.05) is 6.61 Å². The highest BCUT2D eigenvalue weighted by molar-refractivity contribution is 5.97. The lowest BCUT2D eigenvalue weighted by atomic mass is 9.89. The first-order valence-corrected chi connectivity index (χ1v) is 8.90. The van der Waals surface area contributed by atoms with E-state index in [2.05, 4.69) is 0 Å². The molecule has 0 radical (unpaired) electrons. The molecule has 2 aromatic carbocycles. The van der Waals surface area contributed by atoms with E-state index >= 15 is 0 Å². The summed E-state index contributed by atoms with van der Waals surface area (Å²) in [5, 5.41) is 0. The Morgan fingerprint density at radius 1 is 1.13 bits per heavy atom. The van der Waals surface area contributed by atoms with Crippen molar-refractivity contribution < 1.29 is 36.3 Å². The molecule has 11 heteroatoms. The quantitative estimate of drug-likeness (QED) is 0.680. The zero-order valence-electron chi connectivity index (χ0n) is 15.8. The SMILES string of the molecule is Cl.N[C@H](C(=O)N1C(=O)OCC1Cc1ccccc1)[C@@H](c1cc(F)cc(F)c1)C(F)(F)F. The number of cyclic esters (lactones) is 1. The predicted octanol–water partition coefficient (Wildman–Crippen LogP) is 3.95. The zero-order valence-corrected chi connectivity index (χ0v) is 16.6. The van der Waals surface area contributed by atoms with Crippen LogP contribution in [0.1, 0.15) is 17.0 Å². The zero-order chi connectivity index (χ0) is 22.1. The number of carbonyl (C=O) groups excluding carboxylic acids is 2. The number of hydrogen-bond acceptors (Lipinski definition) is 4. The molecule has 5 nitrogen and oxygen atoms in total. The Morgan fingerprint density at radius 2 is 1.71 bits per heavy atom. The Labute approximate surface area is 180 Å². The predicted molar refractivity (Wildman–Crippen MR) is 103 cm³/mol. The first kappa shape index (κ1) is 24.5. The van der Waals surface area contributed by atoms with Gasteiger partial charge < -0.3 is 10.5 Å². The molecular formula is C20H18ClF5N2O3. The number of carbonyl (C=O) groups is 2. The number of benzene rings is 2. The van der Waals surface area contributed by atoms with Crippen LogP contribution in [0.15, 0.2) is 48.5 Å². The molecular weight excluding hydrogens is 447 g/mol. The van der Waals surface area contributed by atoms with E-state index in [-0.39, 0.29) is 25.4 Å². The number of hydrogen-bond donors (Lipinski definition) is 1. The van der Waals surface area contributed by atoms with Gasteiger partial charge in [0.2, 0.25) is 5.91 Å². The van der Waals surface area contributed by atoms with E-state index in [4.69, 9.17) is 10.5 Å². The van der Waals surface area contributed by atoms with Crippen LogP contribution in [0, 0.1) is 11.6 Å². The van der Waals surface area contributed by atoms with Gasteiger partial charge in [-0.1, -0.05) is 30.3 Å². The first-order chi connectivity index (χ1) is 14.1. The molecule has 1 heterocycles. The average Bonchev–Trinajstić information content (AvgIpc) is 3.00. The molecule has 1 fully saturated rings. The third kappa shape index (κ3) is 5.50. The minimum Gasteiger partial charge on any atom is -0.447 e. The summed E-state index contributed by atoms with van der Waals surface area (Å²) in [5.41, 5.74) is 5.49. The first-order valence-electron chi connectivity index (χ1n) is 8.90. The summed E-state index contributed by atoms with van der Waals surface area (Å²) in [4.78, 5) is 25.4. The van der Waals surface area contributed by atoms with E-state index in [9.17, 15) is 31.5 Å². The summed E-state index contributed by atoms with van der Waals surface area (Å²) in [7, 11) is 0. The van der Waals surface area contributed by atoms with Crippen LogP contribution in [-0.4, -0.2) is 41.8 Å². The number of ether oxygens (including phenoxy) is 1. The number of alkyl halides is 3. The standard InChI is InChI=1S/C20H17F5N2O3.ClH/c21-13-7-12(8-14(22)9-13)16(20(23,24)25)17(26)18(28)27-15(10-30-19(27)29)6-11-4-2-1-3-5-11;/h1-5,7-9,15-17H,6,10,26H2;1H/t15?,16-,17+;/m1./s1. The summed E-state index contributed by atoms with van der Waals surface area (Å²) < 4.78 is 72.9. The van der Waals surface area contributed by atoms with E-state index in [0.29, 0.717) is 23.1 Å². The summed E-state index contributed by atoms with van der Waals surface area (Å²) in [6, 6.07) is 6.79. The van der Waals surface area contributed by atoms with Crippen molar-refractivity contribution in [2.24, 2.45) is 5.73 Å².